The third kappa shape index (κ3) is 3.89. The van der Waals surface area contributed by atoms with E-state index in [9.17, 15) is 4.79 Å². The number of amides is 1. The molecule has 0 bridgehead atoms. The summed E-state index contributed by atoms with van der Waals surface area (Å²) in [5, 5.41) is 2.95. The van der Waals surface area contributed by atoms with Crippen LogP contribution in [0.1, 0.15) is 41.7 Å². The molecule has 1 fully saturated rings. The van der Waals surface area contributed by atoms with Gasteiger partial charge in [0.15, 0.2) is 0 Å². The van der Waals surface area contributed by atoms with E-state index in [1.54, 1.807) is 6.07 Å². The highest BCUT2D eigenvalue weighted by Crippen LogP contribution is 2.19. The van der Waals surface area contributed by atoms with Gasteiger partial charge in [-0.2, -0.15) is 0 Å². The van der Waals surface area contributed by atoms with Crippen molar-refractivity contribution < 1.29 is 4.79 Å². The molecule has 0 spiro atoms. The van der Waals surface area contributed by atoms with E-state index in [1.165, 1.54) is 25.7 Å². The molecule has 23 heavy (non-hydrogen) atoms. The molecule has 1 aromatic heterocycles. The Morgan fingerprint density at radius 1 is 1.00 bits per heavy atom. The van der Waals surface area contributed by atoms with Crippen LogP contribution in [0.15, 0.2) is 42.5 Å². The Kier molecular flexibility index (Phi) is 4.91. The first kappa shape index (κ1) is 15.5. The molecule has 1 saturated heterocycles. The molecule has 3 rings (SSSR count). The van der Waals surface area contributed by atoms with Crippen LogP contribution in [0.25, 0.3) is 0 Å². The number of benzene rings is 1. The van der Waals surface area contributed by atoms with E-state index in [0.29, 0.717) is 5.69 Å². The van der Waals surface area contributed by atoms with Gasteiger partial charge in [0, 0.05) is 18.8 Å². The van der Waals surface area contributed by atoms with Gasteiger partial charge in [0.1, 0.15) is 11.5 Å². The van der Waals surface area contributed by atoms with Crippen LogP contribution < -0.4 is 10.2 Å². The normalized spacial score (nSPS) is 15.1. The summed E-state index contributed by atoms with van der Waals surface area (Å²) in [6.45, 7) is 4.03. The molecular weight excluding hydrogens is 286 g/mol. The zero-order chi connectivity index (χ0) is 16.1. The van der Waals surface area contributed by atoms with Crippen LogP contribution in [0.2, 0.25) is 0 Å². The fourth-order valence-electron chi connectivity index (χ4n) is 2.93. The number of hydrogen-bond acceptors (Lipinski definition) is 3. The number of nitrogens with zero attached hydrogens (tertiary/aromatic N) is 2. The molecule has 0 aliphatic carbocycles. The number of hydrogen-bond donors (Lipinski definition) is 1. The fourth-order valence-corrected chi connectivity index (χ4v) is 2.93. The second kappa shape index (κ2) is 7.27. The van der Waals surface area contributed by atoms with Crippen LogP contribution in [0.3, 0.4) is 0 Å². The lowest BCUT2D eigenvalue weighted by molar-refractivity contribution is 0.102. The van der Waals surface area contributed by atoms with Crippen LogP contribution in [0.4, 0.5) is 11.5 Å². The topological polar surface area (TPSA) is 45.2 Å². The van der Waals surface area contributed by atoms with Gasteiger partial charge in [-0.05, 0) is 43.5 Å². The Hall–Kier alpha value is -2.36. The van der Waals surface area contributed by atoms with Crippen molar-refractivity contribution in [2.24, 2.45) is 0 Å². The molecule has 0 saturated carbocycles. The summed E-state index contributed by atoms with van der Waals surface area (Å²) in [5.74, 6) is 0.750. The number of para-hydroxylation sites is 1. The van der Waals surface area contributed by atoms with Gasteiger partial charge in [-0.3, -0.25) is 4.79 Å². The maximum Gasteiger partial charge on any atom is 0.274 e. The number of nitrogens with one attached hydrogen (secondary N) is 1. The molecule has 0 atom stereocenters. The van der Waals surface area contributed by atoms with E-state index in [4.69, 9.17) is 0 Å². The zero-order valence-corrected chi connectivity index (χ0v) is 13.6. The Balaban J connectivity index is 1.76. The van der Waals surface area contributed by atoms with Crippen molar-refractivity contribution in [1.29, 1.82) is 0 Å². The minimum absolute atomic E-state index is 0.157. The van der Waals surface area contributed by atoms with Crippen LogP contribution in [0.5, 0.6) is 0 Å². The third-order valence-corrected chi connectivity index (χ3v) is 4.29. The van der Waals surface area contributed by atoms with Gasteiger partial charge in [0.25, 0.3) is 5.91 Å². The predicted octanol–water partition coefficient (Wildman–Crippen LogP) is 4.02. The van der Waals surface area contributed by atoms with E-state index in [1.807, 2.05) is 43.3 Å². The molecule has 2 heterocycles. The summed E-state index contributed by atoms with van der Waals surface area (Å²) in [4.78, 5) is 19.3. The van der Waals surface area contributed by atoms with Gasteiger partial charge in [-0.25, -0.2) is 4.98 Å². The molecule has 1 aliphatic heterocycles. The maximum atomic E-state index is 12.5. The quantitative estimate of drug-likeness (QED) is 0.931. The molecule has 1 aliphatic rings. The van der Waals surface area contributed by atoms with E-state index in [0.717, 1.165) is 30.2 Å². The molecule has 120 valence electrons. The van der Waals surface area contributed by atoms with Gasteiger partial charge in [0.05, 0.1) is 0 Å². The lowest BCUT2D eigenvalue weighted by Gasteiger charge is -2.21. The number of aryl methyl sites for hydroxylation is 1. The van der Waals surface area contributed by atoms with Crippen molar-refractivity contribution in [3.05, 3.63) is 53.7 Å². The van der Waals surface area contributed by atoms with E-state index < -0.39 is 0 Å². The number of rotatable bonds is 3. The lowest BCUT2D eigenvalue weighted by Crippen LogP contribution is -2.26. The van der Waals surface area contributed by atoms with Gasteiger partial charge in [-0.1, -0.05) is 37.1 Å². The number of aromatic nitrogens is 1. The highest BCUT2D eigenvalue weighted by Gasteiger charge is 2.14. The Morgan fingerprint density at radius 2 is 1.74 bits per heavy atom. The second-order valence-electron chi connectivity index (χ2n) is 6.05. The zero-order valence-electron chi connectivity index (χ0n) is 13.6. The smallest absolute Gasteiger partial charge is 0.274 e. The first-order valence-corrected chi connectivity index (χ1v) is 8.33. The Morgan fingerprint density at radius 3 is 2.48 bits per heavy atom. The van der Waals surface area contributed by atoms with Gasteiger partial charge >= 0.3 is 0 Å². The van der Waals surface area contributed by atoms with E-state index in [-0.39, 0.29) is 5.91 Å². The average molecular weight is 309 g/mol. The highest BCUT2D eigenvalue weighted by atomic mass is 16.1. The Bertz CT molecular complexity index is 676. The predicted molar refractivity (Wildman–Crippen MR) is 94.1 cm³/mol. The SMILES string of the molecule is Cc1ccccc1NC(=O)c1cccc(N2CCCCCC2)n1. The molecule has 1 aromatic carbocycles. The first-order chi connectivity index (χ1) is 11.2. The molecular formula is C19H23N3O. The largest absolute Gasteiger partial charge is 0.357 e. The number of carbonyl (C=O) groups is 1. The van der Waals surface area contributed by atoms with Crippen LogP contribution in [0, 0.1) is 6.92 Å². The van der Waals surface area contributed by atoms with Gasteiger partial charge < -0.3 is 10.2 Å². The third-order valence-electron chi connectivity index (χ3n) is 4.29. The molecule has 4 nitrogen and oxygen atoms in total. The molecule has 4 heteroatoms. The minimum Gasteiger partial charge on any atom is -0.357 e. The summed E-state index contributed by atoms with van der Waals surface area (Å²) in [5.41, 5.74) is 2.35. The fraction of sp³-hybridized carbons (Fsp3) is 0.368. The Labute approximate surface area is 137 Å². The summed E-state index contributed by atoms with van der Waals surface area (Å²) in [6.07, 6.45) is 4.95. The molecule has 0 radical (unpaired) electrons. The highest BCUT2D eigenvalue weighted by molar-refractivity contribution is 6.03. The van der Waals surface area contributed by atoms with Crippen molar-refractivity contribution >= 4 is 17.4 Å². The number of carbonyl (C=O) groups excluding carboxylic acids is 1. The van der Waals surface area contributed by atoms with E-state index >= 15 is 0 Å². The van der Waals surface area contributed by atoms with Crippen LogP contribution >= 0.6 is 0 Å². The molecule has 0 unspecified atom stereocenters. The number of pyridine rings is 1. The molecule has 2 aromatic rings. The average Bonchev–Trinajstić information content (AvgIpc) is 2.86. The van der Waals surface area contributed by atoms with Crippen molar-refractivity contribution in [1.82, 2.24) is 4.98 Å². The van der Waals surface area contributed by atoms with Gasteiger partial charge in [0.2, 0.25) is 0 Å². The lowest BCUT2D eigenvalue weighted by atomic mass is 10.2. The minimum atomic E-state index is -0.157. The number of anilines is 2. The molecule has 1 amide bonds. The van der Waals surface area contributed by atoms with Crippen molar-refractivity contribution in [3.8, 4) is 0 Å². The van der Waals surface area contributed by atoms with Crippen molar-refractivity contribution in [3.63, 3.8) is 0 Å². The monoisotopic (exact) mass is 309 g/mol. The van der Waals surface area contributed by atoms with E-state index in [2.05, 4.69) is 15.2 Å². The summed E-state index contributed by atoms with van der Waals surface area (Å²) < 4.78 is 0. The van der Waals surface area contributed by atoms with Crippen LogP contribution in [-0.4, -0.2) is 24.0 Å². The second-order valence-corrected chi connectivity index (χ2v) is 6.05. The standard InChI is InChI=1S/C19H23N3O/c1-15-9-4-5-10-16(15)21-19(23)17-11-8-12-18(20-17)22-13-6-2-3-7-14-22/h4-5,8-12H,2-3,6-7,13-14H2,1H3,(H,21,23). The van der Waals surface area contributed by atoms with Crippen molar-refractivity contribution in [2.75, 3.05) is 23.3 Å². The summed E-state index contributed by atoms with van der Waals surface area (Å²) in [6, 6.07) is 13.5. The van der Waals surface area contributed by atoms with Crippen molar-refractivity contribution in [2.45, 2.75) is 32.6 Å². The van der Waals surface area contributed by atoms with Crippen LogP contribution in [-0.2, 0) is 0 Å². The first-order valence-electron chi connectivity index (χ1n) is 8.33. The molecule has 1 N–H and O–H groups in total. The van der Waals surface area contributed by atoms with Gasteiger partial charge in [-0.15, -0.1) is 0 Å². The maximum absolute atomic E-state index is 12.5. The summed E-state index contributed by atoms with van der Waals surface area (Å²) >= 11 is 0. The summed E-state index contributed by atoms with van der Waals surface area (Å²) in [7, 11) is 0.